The van der Waals surface area contributed by atoms with Crippen molar-refractivity contribution in [3.05, 3.63) is 68.8 Å². The Kier molecular flexibility index (Phi) is 3.96. The number of aromatic nitrogens is 2. The van der Waals surface area contributed by atoms with Crippen LogP contribution < -0.4 is 11.1 Å². The highest BCUT2D eigenvalue weighted by Crippen LogP contribution is 2.48. The topological polar surface area (TPSA) is 93.2 Å². The van der Waals surface area contributed by atoms with E-state index in [-0.39, 0.29) is 22.0 Å². The number of rotatable bonds is 2. The van der Waals surface area contributed by atoms with Crippen LogP contribution in [0.3, 0.4) is 0 Å². The van der Waals surface area contributed by atoms with Gasteiger partial charge in [-0.1, -0.05) is 35.3 Å². The molecule has 4 rings (SSSR count). The number of nitrogens with two attached hydrogens (primary N) is 1. The van der Waals surface area contributed by atoms with Crippen LogP contribution in [0.25, 0.3) is 5.69 Å². The SMILES string of the molecule is Cc1cccc(-n2nc(C)c([C@]3(O)C(=O)Nc4c(Cl)cc(Cl)cc43)c2N)c1. The third-order valence-corrected chi connectivity index (χ3v) is 5.23. The van der Waals surface area contributed by atoms with Crippen LogP contribution in [0, 0.1) is 13.8 Å². The summed E-state index contributed by atoms with van der Waals surface area (Å²) >= 11 is 12.3. The molecule has 0 spiro atoms. The molecule has 0 aliphatic carbocycles. The standard InChI is InChI=1S/C19H16Cl2N4O2/c1-9-4-3-5-12(6-9)25-17(22)15(10(2)24-25)19(27)13-7-11(20)8-14(21)16(13)23-18(19)26/h3-8,27H,22H2,1-2H3,(H,23,26)/t19-/m0/s1. The van der Waals surface area contributed by atoms with Gasteiger partial charge in [-0.15, -0.1) is 0 Å². The molecule has 1 aliphatic heterocycles. The fourth-order valence-electron chi connectivity index (χ4n) is 3.51. The summed E-state index contributed by atoms with van der Waals surface area (Å²) in [6.45, 7) is 3.64. The van der Waals surface area contributed by atoms with Gasteiger partial charge in [0.1, 0.15) is 5.82 Å². The Morgan fingerprint density at radius 1 is 1.22 bits per heavy atom. The maximum absolute atomic E-state index is 12.8. The van der Waals surface area contributed by atoms with E-state index in [1.165, 1.54) is 16.8 Å². The van der Waals surface area contributed by atoms with Crippen LogP contribution in [-0.4, -0.2) is 20.8 Å². The first-order valence-corrected chi connectivity index (χ1v) is 8.95. The first-order valence-electron chi connectivity index (χ1n) is 8.19. The van der Waals surface area contributed by atoms with Crippen LogP contribution >= 0.6 is 23.2 Å². The predicted molar refractivity (Wildman–Crippen MR) is 106 cm³/mol. The predicted octanol–water partition coefficient (Wildman–Crippen LogP) is 3.57. The van der Waals surface area contributed by atoms with Crippen molar-refractivity contribution in [1.82, 2.24) is 9.78 Å². The Morgan fingerprint density at radius 2 is 1.96 bits per heavy atom. The summed E-state index contributed by atoms with van der Waals surface area (Å²) in [5.41, 5.74) is 7.26. The summed E-state index contributed by atoms with van der Waals surface area (Å²) < 4.78 is 1.51. The molecule has 0 bridgehead atoms. The first-order chi connectivity index (χ1) is 12.7. The number of benzene rings is 2. The minimum absolute atomic E-state index is 0.166. The van der Waals surface area contributed by atoms with E-state index >= 15 is 0 Å². The zero-order chi connectivity index (χ0) is 19.5. The lowest BCUT2D eigenvalue weighted by atomic mass is 9.87. The number of anilines is 2. The first kappa shape index (κ1) is 17.9. The number of aliphatic hydroxyl groups is 1. The molecule has 27 heavy (non-hydrogen) atoms. The van der Waals surface area contributed by atoms with E-state index in [9.17, 15) is 9.90 Å². The lowest BCUT2D eigenvalue weighted by molar-refractivity contribution is -0.129. The zero-order valence-corrected chi connectivity index (χ0v) is 16.1. The largest absolute Gasteiger partial charge is 0.383 e. The Morgan fingerprint density at radius 3 is 2.67 bits per heavy atom. The molecule has 1 amide bonds. The van der Waals surface area contributed by atoms with Crippen molar-refractivity contribution >= 4 is 40.6 Å². The van der Waals surface area contributed by atoms with Crippen LogP contribution in [-0.2, 0) is 10.4 Å². The number of carbonyl (C=O) groups excluding carboxylic acids is 1. The van der Waals surface area contributed by atoms with Crippen LogP contribution in [0.2, 0.25) is 10.0 Å². The molecule has 1 aliphatic rings. The van der Waals surface area contributed by atoms with Crippen molar-refractivity contribution in [3.8, 4) is 5.69 Å². The van der Waals surface area contributed by atoms with Gasteiger partial charge < -0.3 is 16.2 Å². The van der Waals surface area contributed by atoms with Crippen molar-refractivity contribution in [3.63, 3.8) is 0 Å². The van der Waals surface area contributed by atoms with Crippen molar-refractivity contribution < 1.29 is 9.90 Å². The maximum Gasteiger partial charge on any atom is 0.266 e. The van der Waals surface area contributed by atoms with Gasteiger partial charge in [-0.25, -0.2) is 4.68 Å². The van der Waals surface area contributed by atoms with Crippen molar-refractivity contribution in [2.24, 2.45) is 0 Å². The monoisotopic (exact) mass is 402 g/mol. The number of hydrogen-bond acceptors (Lipinski definition) is 4. The molecule has 0 fully saturated rings. The molecule has 138 valence electrons. The Hall–Kier alpha value is -2.54. The molecule has 8 heteroatoms. The molecular formula is C19H16Cl2N4O2. The number of fused-ring (bicyclic) bond motifs is 1. The Labute approximate surface area is 165 Å². The molecule has 6 nitrogen and oxygen atoms in total. The molecular weight excluding hydrogens is 387 g/mol. The van der Waals surface area contributed by atoms with E-state index < -0.39 is 11.5 Å². The fraction of sp³-hybridized carbons (Fsp3) is 0.158. The van der Waals surface area contributed by atoms with Crippen LogP contribution in [0.1, 0.15) is 22.4 Å². The van der Waals surface area contributed by atoms with Gasteiger partial charge in [0.05, 0.1) is 27.7 Å². The van der Waals surface area contributed by atoms with Gasteiger partial charge in [-0.05, 0) is 43.7 Å². The smallest absolute Gasteiger partial charge is 0.266 e. The zero-order valence-electron chi connectivity index (χ0n) is 14.5. The third-order valence-electron chi connectivity index (χ3n) is 4.72. The Bertz CT molecular complexity index is 1110. The Balaban J connectivity index is 1.97. The summed E-state index contributed by atoms with van der Waals surface area (Å²) in [5, 5.41) is 19.1. The summed E-state index contributed by atoms with van der Waals surface area (Å²) in [6.07, 6.45) is 0. The maximum atomic E-state index is 12.8. The fourth-order valence-corrected chi connectivity index (χ4v) is 4.05. The van der Waals surface area contributed by atoms with Crippen molar-refractivity contribution in [2.75, 3.05) is 11.1 Å². The van der Waals surface area contributed by atoms with Gasteiger partial charge in [-0.2, -0.15) is 5.10 Å². The number of amides is 1. The number of hydrogen-bond donors (Lipinski definition) is 3. The molecule has 1 atom stereocenters. The van der Waals surface area contributed by atoms with Gasteiger partial charge in [0.2, 0.25) is 5.60 Å². The lowest BCUT2D eigenvalue weighted by Gasteiger charge is -2.21. The summed E-state index contributed by atoms with van der Waals surface area (Å²) in [4.78, 5) is 12.8. The highest BCUT2D eigenvalue weighted by molar-refractivity contribution is 6.38. The number of halogens is 2. The average molecular weight is 403 g/mol. The van der Waals surface area contributed by atoms with Crippen LogP contribution in [0.4, 0.5) is 11.5 Å². The van der Waals surface area contributed by atoms with Gasteiger partial charge >= 0.3 is 0 Å². The van der Waals surface area contributed by atoms with Gasteiger partial charge in [0.25, 0.3) is 5.91 Å². The third kappa shape index (κ3) is 2.52. The molecule has 0 unspecified atom stereocenters. The van der Waals surface area contributed by atoms with E-state index in [2.05, 4.69) is 10.4 Å². The minimum Gasteiger partial charge on any atom is -0.383 e. The highest BCUT2D eigenvalue weighted by atomic mass is 35.5. The van der Waals surface area contributed by atoms with Crippen molar-refractivity contribution in [2.45, 2.75) is 19.4 Å². The van der Waals surface area contributed by atoms with Crippen molar-refractivity contribution in [1.29, 1.82) is 0 Å². The quantitative estimate of drug-likeness (QED) is 0.610. The summed E-state index contributed by atoms with van der Waals surface area (Å²) in [6, 6.07) is 10.6. The van der Waals surface area contributed by atoms with Crippen LogP contribution in [0.5, 0.6) is 0 Å². The lowest BCUT2D eigenvalue weighted by Crippen LogP contribution is -2.36. The molecule has 3 aromatic rings. The number of nitrogens with zero attached hydrogens (tertiary/aromatic N) is 2. The molecule has 0 saturated carbocycles. The minimum atomic E-state index is -2.04. The van der Waals surface area contributed by atoms with E-state index in [1.54, 1.807) is 6.92 Å². The molecule has 2 heterocycles. The second-order valence-electron chi connectivity index (χ2n) is 6.57. The molecule has 4 N–H and O–H groups in total. The highest BCUT2D eigenvalue weighted by Gasteiger charge is 2.51. The molecule has 0 saturated heterocycles. The van der Waals surface area contributed by atoms with E-state index in [1.807, 2.05) is 31.2 Å². The van der Waals surface area contributed by atoms with E-state index in [0.29, 0.717) is 16.4 Å². The summed E-state index contributed by atoms with van der Waals surface area (Å²) in [5.74, 6) is -0.486. The van der Waals surface area contributed by atoms with Gasteiger partial charge in [-0.3, -0.25) is 4.79 Å². The molecule has 2 aromatic carbocycles. The van der Waals surface area contributed by atoms with E-state index in [4.69, 9.17) is 28.9 Å². The van der Waals surface area contributed by atoms with Gasteiger partial charge in [0.15, 0.2) is 0 Å². The second kappa shape index (κ2) is 5.99. The number of nitrogen functional groups attached to an aromatic ring is 1. The number of nitrogens with one attached hydrogen (secondary N) is 1. The summed E-state index contributed by atoms with van der Waals surface area (Å²) in [7, 11) is 0. The second-order valence-corrected chi connectivity index (χ2v) is 7.41. The van der Waals surface area contributed by atoms with Gasteiger partial charge in [0, 0.05) is 10.6 Å². The average Bonchev–Trinajstić information content (AvgIpc) is 3.03. The van der Waals surface area contributed by atoms with Crippen LogP contribution in [0.15, 0.2) is 36.4 Å². The number of aryl methyl sites for hydroxylation is 2. The molecule has 1 aromatic heterocycles. The molecule has 0 radical (unpaired) electrons. The van der Waals surface area contributed by atoms with E-state index in [0.717, 1.165) is 11.3 Å². The normalized spacial score (nSPS) is 18.5. The number of carbonyl (C=O) groups is 1.